The van der Waals surface area contributed by atoms with Gasteiger partial charge in [0, 0.05) is 63.5 Å². The second-order valence-electron chi connectivity index (χ2n) is 10.6. The quantitative estimate of drug-likeness (QED) is 0.157. The van der Waals surface area contributed by atoms with Gasteiger partial charge in [-0.2, -0.15) is 15.0 Å². The molecule has 1 amide bonds. The molecular formula is C29H37N12O2+. The molecule has 43 heavy (non-hydrogen) atoms. The van der Waals surface area contributed by atoms with E-state index in [0.717, 1.165) is 46.4 Å². The minimum absolute atomic E-state index is 0.106. The summed E-state index contributed by atoms with van der Waals surface area (Å²) in [5.41, 5.74) is 11.1. The summed E-state index contributed by atoms with van der Waals surface area (Å²) in [5, 5.41) is 5.93. The van der Waals surface area contributed by atoms with Gasteiger partial charge in [-0.05, 0) is 25.0 Å². The first kappa shape index (κ1) is 29.5. The predicted molar refractivity (Wildman–Crippen MR) is 165 cm³/mol. The second kappa shape index (κ2) is 12.9. The zero-order valence-electron chi connectivity index (χ0n) is 25.0. The number of H-pyrrole nitrogens is 1. The van der Waals surface area contributed by atoms with Crippen LogP contribution in [0.3, 0.4) is 0 Å². The minimum Gasteiger partial charge on any atom is -0.459 e. The summed E-state index contributed by atoms with van der Waals surface area (Å²) in [6.07, 6.45) is 7.49. The number of rotatable bonds is 10. The molecule has 0 bridgehead atoms. The van der Waals surface area contributed by atoms with Crippen molar-refractivity contribution in [2.75, 3.05) is 51.0 Å². The van der Waals surface area contributed by atoms with E-state index >= 15 is 0 Å². The van der Waals surface area contributed by atoms with Crippen molar-refractivity contribution >= 4 is 40.2 Å². The van der Waals surface area contributed by atoms with Crippen LogP contribution < -0.4 is 26.0 Å². The number of nitrogens with two attached hydrogens (primary N) is 2. The van der Waals surface area contributed by atoms with Gasteiger partial charge in [0.1, 0.15) is 24.0 Å². The highest BCUT2D eigenvalue weighted by molar-refractivity contribution is 6.06. The summed E-state index contributed by atoms with van der Waals surface area (Å²) in [6.45, 7) is 5.46. The first-order valence-electron chi connectivity index (χ1n) is 14.0. The van der Waals surface area contributed by atoms with Gasteiger partial charge in [-0.15, -0.1) is 0 Å². The monoisotopic (exact) mass is 585 g/mol. The number of aliphatic imine (C=N–C) groups is 1. The first-order chi connectivity index (χ1) is 20.7. The number of quaternary nitrogens is 1. The van der Waals surface area contributed by atoms with E-state index in [2.05, 4.69) is 45.1 Å². The summed E-state index contributed by atoms with van der Waals surface area (Å²) >= 11 is 0. The van der Waals surface area contributed by atoms with Crippen LogP contribution in [0.2, 0.25) is 0 Å². The number of benzene rings is 1. The van der Waals surface area contributed by atoms with Gasteiger partial charge in [-0.25, -0.2) is 15.0 Å². The van der Waals surface area contributed by atoms with E-state index in [0.29, 0.717) is 24.0 Å². The average molecular weight is 586 g/mol. The topological polar surface area (TPSA) is 180 Å². The number of fused-ring (bicyclic) bond motifs is 1. The molecule has 3 aromatic heterocycles. The van der Waals surface area contributed by atoms with Crippen molar-refractivity contribution < 1.29 is 14.8 Å². The third-order valence-electron chi connectivity index (χ3n) is 7.07. The van der Waals surface area contributed by atoms with Crippen LogP contribution in [0.4, 0.5) is 17.6 Å². The third-order valence-corrected chi connectivity index (χ3v) is 7.07. The number of likely N-dealkylation sites (tertiary alicyclic amines) is 1. The zero-order valence-corrected chi connectivity index (χ0v) is 25.0. The van der Waals surface area contributed by atoms with E-state index in [1.165, 1.54) is 6.33 Å². The maximum absolute atomic E-state index is 13.1. The number of aromatic nitrogens is 6. The van der Waals surface area contributed by atoms with Crippen LogP contribution in [0.1, 0.15) is 18.9 Å². The Morgan fingerprint density at radius 3 is 2.93 bits per heavy atom. The molecule has 14 heteroatoms. The molecule has 1 aliphatic rings. The molecule has 5 rings (SSSR count). The molecule has 1 aromatic carbocycles. The van der Waals surface area contributed by atoms with Gasteiger partial charge in [0.15, 0.2) is 0 Å². The molecule has 1 atom stereocenters. The zero-order chi connectivity index (χ0) is 30.5. The van der Waals surface area contributed by atoms with Gasteiger partial charge in [-0.1, -0.05) is 12.1 Å². The van der Waals surface area contributed by atoms with Crippen LogP contribution in [-0.4, -0.2) is 93.4 Å². The fourth-order valence-electron chi connectivity index (χ4n) is 4.80. The van der Waals surface area contributed by atoms with E-state index in [9.17, 15) is 4.79 Å². The largest absolute Gasteiger partial charge is 0.459 e. The number of carbonyl (C=O) groups excluding carboxylic acids is 1. The lowest BCUT2D eigenvalue weighted by molar-refractivity contribution is -0.575. The van der Waals surface area contributed by atoms with Crippen LogP contribution >= 0.6 is 0 Å². The molecule has 4 aromatic rings. The molecule has 0 radical (unpaired) electrons. The van der Waals surface area contributed by atoms with Gasteiger partial charge < -0.3 is 31.0 Å². The Kier molecular flexibility index (Phi) is 8.87. The Labute approximate surface area is 249 Å². The van der Waals surface area contributed by atoms with Crippen molar-refractivity contribution in [3.05, 3.63) is 54.3 Å². The molecule has 0 unspecified atom stereocenters. The molecule has 0 saturated carbocycles. The fraction of sp³-hybridized carbons (Fsp3) is 0.345. The SMILES string of the molecule is C[NH2+]/C(C)=C\C(N)=N/c1ncc(C)c(-c2c[nH]c3c(NC(=O)CN4CC[C@H](Oc5ncnc(N(C)C)n5)C4)cccc23)n1. The highest BCUT2D eigenvalue weighted by Gasteiger charge is 2.27. The molecule has 1 fully saturated rings. The molecular weight excluding hydrogens is 548 g/mol. The second-order valence-corrected chi connectivity index (χ2v) is 10.6. The van der Waals surface area contributed by atoms with Gasteiger partial charge in [0.2, 0.25) is 11.9 Å². The minimum atomic E-state index is -0.114. The lowest BCUT2D eigenvalue weighted by atomic mass is 10.1. The number of aromatic amines is 1. The molecule has 4 heterocycles. The third kappa shape index (κ3) is 7.10. The average Bonchev–Trinajstić information content (AvgIpc) is 3.61. The number of nitrogens with zero attached hydrogens (tertiary/aromatic N) is 8. The van der Waals surface area contributed by atoms with Crippen LogP contribution in [0.25, 0.3) is 22.2 Å². The summed E-state index contributed by atoms with van der Waals surface area (Å²) < 4.78 is 5.96. The van der Waals surface area contributed by atoms with Crippen molar-refractivity contribution in [3.8, 4) is 17.3 Å². The van der Waals surface area contributed by atoms with Crippen LogP contribution in [-0.2, 0) is 4.79 Å². The van der Waals surface area contributed by atoms with Crippen molar-refractivity contribution in [2.45, 2.75) is 26.4 Å². The van der Waals surface area contributed by atoms with Crippen molar-refractivity contribution in [2.24, 2.45) is 10.7 Å². The summed E-state index contributed by atoms with van der Waals surface area (Å²) in [4.78, 5) is 46.2. The van der Waals surface area contributed by atoms with E-state index in [1.54, 1.807) is 17.2 Å². The van der Waals surface area contributed by atoms with E-state index < -0.39 is 0 Å². The van der Waals surface area contributed by atoms with Crippen molar-refractivity contribution in [1.82, 2.24) is 34.8 Å². The number of hydrogen-bond donors (Lipinski definition) is 4. The molecule has 1 aliphatic heterocycles. The van der Waals surface area contributed by atoms with Crippen LogP contribution in [0, 0.1) is 6.92 Å². The Morgan fingerprint density at radius 2 is 2.14 bits per heavy atom. The number of nitrogens with one attached hydrogen (secondary N) is 2. The lowest BCUT2D eigenvalue weighted by Crippen LogP contribution is -2.76. The molecule has 224 valence electrons. The van der Waals surface area contributed by atoms with Gasteiger partial charge >= 0.3 is 6.01 Å². The number of hydrogen-bond acceptors (Lipinski definition) is 10. The number of amides is 1. The first-order valence-corrected chi connectivity index (χ1v) is 14.0. The van der Waals surface area contributed by atoms with Gasteiger partial charge in [0.05, 0.1) is 30.5 Å². The number of carbonyl (C=O) groups is 1. The van der Waals surface area contributed by atoms with Crippen molar-refractivity contribution in [1.29, 1.82) is 0 Å². The van der Waals surface area contributed by atoms with Crippen LogP contribution in [0.5, 0.6) is 6.01 Å². The summed E-state index contributed by atoms with van der Waals surface area (Å²) in [7, 11) is 5.65. The maximum Gasteiger partial charge on any atom is 0.321 e. The Bertz CT molecular complexity index is 1680. The predicted octanol–water partition coefficient (Wildman–Crippen LogP) is 1.36. The van der Waals surface area contributed by atoms with Gasteiger partial charge in [0.25, 0.3) is 5.95 Å². The normalized spacial score (nSPS) is 16.1. The highest BCUT2D eigenvalue weighted by atomic mass is 16.5. The number of anilines is 2. The van der Waals surface area contributed by atoms with E-state index in [-0.39, 0.29) is 30.5 Å². The fourth-order valence-corrected chi connectivity index (χ4v) is 4.80. The van der Waals surface area contributed by atoms with E-state index in [1.807, 2.05) is 64.7 Å². The highest BCUT2D eigenvalue weighted by Crippen LogP contribution is 2.33. The Balaban J connectivity index is 1.26. The molecule has 1 saturated heterocycles. The number of amidine groups is 1. The number of allylic oxidation sites excluding steroid dienone is 1. The number of ether oxygens (including phenoxy) is 1. The standard InChI is InChI=1S/C29H36N12O2/c1-17-12-33-27(37-23(30)11-18(2)31-3)38-25(17)21-13-32-26-20(21)7-6-8-22(26)36-24(42)15-41-10-9-19(14-41)43-29-35-16-34-28(39-29)40(4)5/h6-8,11-13,16,19,31-32H,9-10,14-15H2,1-5H3,(H,36,42)(H2,30,33,37,38)/p+1/b18-11-/t19-/m0/s1. The van der Waals surface area contributed by atoms with Gasteiger partial charge in [-0.3, -0.25) is 9.69 Å². The lowest BCUT2D eigenvalue weighted by Gasteiger charge is -2.16. The Morgan fingerprint density at radius 1 is 1.30 bits per heavy atom. The maximum atomic E-state index is 13.1. The number of aryl methyl sites for hydroxylation is 1. The van der Waals surface area contributed by atoms with E-state index in [4.69, 9.17) is 10.5 Å². The molecule has 0 spiro atoms. The molecule has 14 nitrogen and oxygen atoms in total. The smallest absolute Gasteiger partial charge is 0.321 e. The molecule has 6 N–H and O–H groups in total. The van der Waals surface area contributed by atoms with Crippen LogP contribution in [0.15, 0.2) is 53.7 Å². The summed E-state index contributed by atoms with van der Waals surface area (Å²) in [5.74, 6) is 1.02. The Hall–Kier alpha value is -4.95. The summed E-state index contributed by atoms with van der Waals surface area (Å²) in [6, 6.07) is 6.06. The number of para-hydroxylation sites is 1. The molecule has 0 aliphatic carbocycles. The van der Waals surface area contributed by atoms with Crippen molar-refractivity contribution in [3.63, 3.8) is 0 Å².